The summed E-state index contributed by atoms with van der Waals surface area (Å²) >= 11 is 5.81. The minimum atomic E-state index is -0.720. The molecule has 2 amide bonds. The third-order valence-corrected chi connectivity index (χ3v) is 3.58. The highest BCUT2D eigenvalue weighted by atomic mass is 35.5. The standard InChI is InChI=1S/C14H16ClFN2O2/c1-2-3-12-14(20)18(16)9-13(19)17(12)8-10-4-6-11(15)7-5-10/h4-7,12H,2-3,8-9H2,1H3. The summed E-state index contributed by atoms with van der Waals surface area (Å²) in [4.78, 5) is 25.3. The van der Waals surface area contributed by atoms with E-state index in [1.807, 2.05) is 6.92 Å². The molecule has 1 unspecified atom stereocenters. The van der Waals surface area contributed by atoms with Crippen molar-refractivity contribution >= 4 is 23.4 Å². The number of halogens is 2. The van der Waals surface area contributed by atoms with Gasteiger partial charge in [-0.1, -0.05) is 41.6 Å². The summed E-state index contributed by atoms with van der Waals surface area (Å²) in [5, 5.41) is 0.621. The Labute approximate surface area is 122 Å². The molecule has 1 aromatic carbocycles. The zero-order valence-corrected chi connectivity index (χ0v) is 11.9. The second-order valence-corrected chi connectivity index (χ2v) is 5.25. The van der Waals surface area contributed by atoms with Crippen LogP contribution in [0.1, 0.15) is 25.3 Å². The summed E-state index contributed by atoms with van der Waals surface area (Å²) < 4.78 is 13.4. The van der Waals surface area contributed by atoms with E-state index in [-0.39, 0.29) is 11.0 Å². The molecule has 0 bridgehead atoms. The van der Waals surface area contributed by atoms with E-state index in [1.165, 1.54) is 4.90 Å². The number of rotatable bonds is 4. The predicted octanol–water partition coefficient (Wildman–Crippen LogP) is 2.56. The summed E-state index contributed by atoms with van der Waals surface area (Å²) in [6.45, 7) is 1.68. The molecule has 20 heavy (non-hydrogen) atoms. The molecule has 1 aliphatic heterocycles. The molecular weight excluding hydrogens is 283 g/mol. The quantitative estimate of drug-likeness (QED) is 0.802. The summed E-state index contributed by atoms with van der Waals surface area (Å²) in [5.74, 6) is -1.01. The molecule has 2 rings (SSSR count). The Balaban J connectivity index is 2.19. The number of hydrogen-bond acceptors (Lipinski definition) is 2. The Morgan fingerprint density at radius 2 is 1.95 bits per heavy atom. The second-order valence-electron chi connectivity index (χ2n) is 4.81. The van der Waals surface area contributed by atoms with E-state index in [1.54, 1.807) is 24.3 Å². The van der Waals surface area contributed by atoms with Crippen molar-refractivity contribution in [2.75, 3.05) is 6.54 Å². The first-order valence-corrected chi connectivity index (χ1v) is 6.91. The number of piperazine rings is 1. The molecule has 0 spiro atoms. The zero-order chi connectivity index (χ0) is 14.7. The lowest BCUT2D eigenvalue weighted by molar-refractivity contribution is -0.171. The minimum Gasteiger partial charge on any atom is -0.325 e. The van der Waals surface area contributed by atoms with Crippen LogP contribution in [0.2, 0.25) is 5.02 Å². The molecule has 0 aromatic heterocycles. The Kier molecular flexibility index (Phi) is 4.60. The van der Waals surface area contributed by atoms with Gasteiger partial charge in [-0.05, 0) is 24.1 Å². The minimum absolute atomic E-state index is 0.0149. The molecule has 0 saturated carbocycles. The van der Waals surface area contributed by atoms with Crippen LogP contribution in [0.15, 0.2) is 24.3 Å². The molecule has 0 radical (unpaired) electrons. The summed E-state index contributed by atoms with van der Waals surface area (Å²) in [5.41, 5.74) is 0.865. The lowest BCUT2D eigenvalue weighted by Crippen LogP contribution is -2.57. The SMILES string of the molecule is CCCC1C(=O)N(F)CC(=O)N1Cc1ccc(Cl)cc1. The molecular formula is C14H16ClFN2O2. The van der Waals surface area contributed by atoms with Crippen LogP contribution in [0.4, 0.5) is 4.48 Å². The van der Waals surface area contributed by atoms with Gasteiger partial charge in [0.05, 0.1) is 0 Å². The lowest BCUT2D eigenvalue weighted by Gasteiger charge is -2.36. The molecule has 1 heterocycles. The van der Waals surface area contributed by atoms with Gasteiger partial charge in [0.25, 0.3) is 5.91 Å². The van der Waals surface area contributed by atoms with Gasteiger partial charge < -0.3 is 4.90 Å². The average molecular weight is 299 g/mol. The molecule has 6 heteroatoms. The fourth-order valence-corrected chi connectivity index (χ4v) is 2.42. The monoisotopic (exact) mass is 298 g/mol. The van der Waals surface area contributed by atoms with Gasteiger partial charge in [-0.25, -0.2) is 0 Å². The zero-order valence-electron chi connectivity index (χ0n) is 11.2. The van der Waals surface area contributed by atoms with Crippen LogP contribution in [0.3, 0.4) is 0 Å². The summed E-state index contributed by atoms with van der Waals surface area (Å²) in [6.07, 6.45) is 1.16. The molecule has 0 aliphatic carbocycles. The molecule has 1 aliphatic rings. The topological polar surface area (TPSA) is 40.6 Å². The van der Waals surface area contributed by atoms with E-state index in [2.05, 4.69) is 0 Å². The molecule has 0 N–H and O–H groups in total. The van der Waals surface area contributed by atoms with Crippen molar-refractivity contribution in [3.63, 3.8) is 0 Å². The normalized spacial score (nSPS) is 19.6. The number of carbonyl (C=O) groups excluding carboxylic acids is 2. The van der Waals surface area contributed by atoms with Gasteiger partial charge in [-0.2, -0.15) is 5.12 Å². The van der Waals surface area contributed by atoms with Crippen LogP contribution in [0, 0.1) is 0 Å². The van der Waals surface area contributed by atoms with Crippen LogP contribution >= 0.6 is 11.6 Å². The maximum absolute atomic E-state index is 13.4. The Hall–Kier alpha value is -1.62. The Morgan fingerprint density at radius 3 is 2.55 bits per heavy atom. The van der Waals surface area contributed by atoms with Gasteiger partial charge in [0, 0.05) is 11.6 Å². The molecule has 108 valence electrons. The lowest BCUT2D eigenvalue weighted by atomic mass is 10.1. The van der Waals surface area contributed by atoms with Gasteiger partial charge in [-0.3, -0.25) is 9.59 Å². The third-order valence-electron chi connectivity index (χ3n) is 3.32. The van der Waals surface area contributed by atoms with Gasteiger partial charge in [0.2, 0.25) is 5.91 Å². The van der Waals surface area contributed by atoms with Crippen LogP contribution in [0.25, 0.3) is 0 Å². The maximum atomic E-state index is 13.4. The van der Waals surface area contributed by atoms with Crippen molar-refractivity contribution in [3.8, 4) is 0 Å². The predicted molar refractivity (Wildman–Crippen MR) is 73.5 cm³/mol. The van der Waals surface area contributed by atoms with Crippen molar-refractivity contribution < 1.29 is 14.1 Å². The van der Waals surface area contributed by atoms with Crippen molar-refractivity contribution in [1.82, 2.24) is 10.0 Å². The van der Waals surface area contributed by atoms with Crippen LogP contribution in [-0.2, 0) is 16.1 Å². The highest BCUT2D eigenvalue weighted by Crippen LogP contribution is 2.21. The second kappa shape index (κ2) is 6.22. The molecule has 1 atom stereocenters. The van der Waals surface area contributed by atoms with E-state index >= 15 is 0 Å². The van der Waals surface area contributed by atoms with Crippen molar-refractivity contribution in [2.45, 2.75) is 32.4 Å². The van der Waals surface area contributed by atoms with Crippen LogP contribution in [0.5, 0.6) is 0 Å². The highest BCUT2D eigenvalue weighted by Gasteiger charge is 2.39. The first-order valence-electron chi connectivity index (χ1n) is 6.54. The van der Waals surface area contributed by atoms with E-state index in [4.69, 9.17) is 11.6 Å². The van der Waals surface area contributed by atoms with E-state index in [0.29, 0.717) is 24.4 Å². The Bertz CT molecular complexity index is 506. The van der Waals surface area contributed by atoms with E-state index in [9.17, 15) is 14.1 Å². The highest BCUT2D eigenvalue weighted by molar-refractivity contribution is 6.30. The van der Waals surface area contributed by atoms with E-state index in [0.717, 1.165) is 5.56 Å². The first kappa shape index (κ1) is 14.8. The molecule has 1 aromatic rings. The van der Waals surface area contributed by atoms with E-state index < -0.39 is 18.5 Å². The van der Waals surface area contributed by atoms with Gasteiger partial charge in [0.1, 0.15) is 12.6 Å². The smallest absolute Gasteiger partial charge is 0.273 e. The number of carbonyl (C=O) groups is 2. The molecule has 4 nitrogen and oxygen atoms in total. The number of nitrogens with zero attached hydrogens (tertiary/aromatic N) is 2. The summed E-state index contributed by atoms with van der Waals surface area (Å²) in [6, 6.07) is 6.32. The fourth-order valence-electron chi connectivity index (χ4n) is 2.29. The number of hydrogen-bond donors (Lipinski definition) is 0. The van der Waals surface area contributed by atoms with Crippen molar-refractivity contribution in [2.24, 2.45) is 0 Å². The molecule has 1 fully saturated rings. The van der Waals surface area contributed by atoms with Crippen LogP contribution < -0.4 is 0 Å². The number of amides is 2. The fraction of sp³-hybridized carbons (Fsp3) is 0.429. The first-order chi connectivity index (χ1) is 9.52. The molecule has 1 saturated heterocycles. The summed E-state index contributed by atoms with van der Waals surface area (Å²) in [7, 11) is 0. The number of benzene rings is 1. The Morgan fingerprint density at radius 1 is 1.30 bits per heavy atom. The van der Waals surface area contributed by atoms with Crippen LogP contribution in [-0.4, -0.2) is 34.4 Å². The van der Waals surface area contributed by atoms with Gasteiger partial charge in [0.15, 0.2) is 0 Å². The van der Waals surface area contributed by atoms with Crippen molar-refractivity contribution in [3.05, 3.63) is 34.9 Å². The largest absolute Gasteiger partial charge is 0.325 e. The maximum Gasteiger partial charge on any atom is 0.273 e. The van der Waals surface area contributed by atoms with Crippen molar-refractivity contribution in [1.29, 1.82) is 0 Å². The average Bonchev–Trinajstić information content (AvgIpc) is 2.42. The van der Waals surface area contributed by atoms with Gasteiger partial charge >= 0.3 is 0 Å². The van der Waals surface area contributed by atoms with Gasteiger partial charge in [-0.15, -0.1) is 0 Å². The third kappa shape index (κ3) is 3.10.